The zero-order chi connectivity index (χ0) is 25.1. The number of fused-ring (bicyclic) bond motifs is 1. The van der Waals surface area contributed by atoms with E-state index in [9.17, 15) is 14.4 Å². The molecule has 0 radical (unpaired) electrons. The maximum Gasteiger partial charge on any atom is 0.315 e. The molecule has 2 fully saturated rings. The number of hydrogen-bond acceptors (Lipinski definition) is 8. The Labute approximate surface area is 218 Å². The Kier molecular flexibility index (Phi) is 16.3. The number of nitrogens with one attached hydrogen (secondary N) is 4. The Balaban J connectivity index is 1.27. The summed E-state index contributed by atoms with van der Waals surface area (Å²) in [6, 6.07) is 0.474. The van der Waals surface area contributed by atoms with E-state index in [1.165, 1.54) is 0 Å². The topological polar surface area (TPSA) is 127 Å². The zero-order valence-electron chi connectivity index (χ0n) is 20.6. The Morgan fingerprint density at radius 2 is 1.49 bits per heavy atom. The van der Waals surface area contributed by atoms with Gasteiger partial charge in [-0.3, -0.25) is 9.59 Å². The van der Waals surface area contributed by atoms with Crippen LogP contribution in [0.25, 0.3) is 0 Å². The average molecular weight is 535 g/mol. The van der Waals surface area contributed by atoms with Crippen molar-refractivity contribution in [1.29, 1.82) is 0 Å². The Bertz CT molecular complexity index is 631. The molecule has 0 spiro atoms. The number of hydrogen-bond donors (Lipinski definition) is 5. The number of amides is 4. The van der Waals surface area contributed by atoms with Crippen molar-refractivity contribution in [2.24, 2.45) is 0 Å². The van der Waals surface area contributed by atoms with E-state index in [4.69, 9.17) is 14.2 Å². The van der Waals surface area contributed by atoms with Crippen LogP contribution in [0.1, 0.15) is 44.9 Å². The van der Waals surface area contributed by atoms with Crippen LogP contribution >= 0.6 is 24.4 Å². The highest BCUT2D eigenvalue weighted by Crippen LogP contribution is 2.32. The minimum atomic E-state index is -0.0459. The van der Waals surface area contributed by atoms with E-state index < -0.39 is 0 Å². The van der Waals surface area contributed by atoms with E-state index in [1.807, 2.05) is 11.8 Å². The lowest BCUT2D eigenvalue weighted by Gasteiger charge is -2.16. The molecule has 0 bridgehead atoms. The second-order valence-corrected chi connectivity index (χ2v) is 10.3. The van der Waals surface area contributed by atoms with E-state index in [1.54, 1.807) is 0 Å². The van der Waals surface area contributed by atoms with Gasteiger partial charge in [-0.25, -0.2) is 4.79 Å². The Morgan fingerprint density at radius 3 is 2.20 bits per heavy atom. The summed E-state index contributed by atoms with van der Waals surface area (Å²) in [5, 5.41) is 12.2. The fourth-order valence-electron chi connectivity index (χ4n) is 3.90. The maximum absolute atomic E-state index is 11.9. The monoisotopic (exact) mass is 534 g/mol. The van der Waals surface area contributed by atoms with Gasteiger partial charge in [0, 0.05) is 50.1 Å². The van der Waals surface area contributed by atoms with E-state index in [2.05, 4.69) is 33.9 Å². The molecule has 35 heavy (non-hydrogen) atoms. The number of urea groups is 1. The Hall–Kier alpha value is -1.21. The zero-order valence-corrected chi connectivity index (χ0v) is 22.3. The largest absolute Gasteiger partial charge is 0.379 e. The van der Waals surface area contributed by atoms with Gasteiger partial charge < -0.3 is 35.5 Å². The van der Waals surface area contributed by atoms with Gasteiger partial charge in [0.05, 0.1) is 38.5 Å². The molecule has 4 amide bonds. The number of carbonyl (C=O) groups is 3. The van der Waals surface area contributed by atoms with Crippen molar-refractivity contribution in [3.05, 3.63) is 0 Å². The van der Waals surface area contributed by atoms with Gasteiger partial charge in [0.15, 0.2) is 0 Å². The number of thiol groups is 1. The summed E-state index contributed by atoms with van der Waals surface area (Å²) < 4.78 is 16.4. The van der Waals surface area contributed by atoms with Crippen molar-refractivity contribution in [1.82, 2.24) is 21.3 Å². The average Bonchev–Trinajstić information content (AvgIpc) is 3.38. The second kappa shape index (κ2) is 19.0. The first kappa shape index (κ1) is 30.0. The minimum absolute atomic E-state index is 0.0205. The normalized spacial score (nSPS) is 20.8. The molecule has 2 saturated heterocycles. The molecule has 10 nitrogen and oxygen atoms in total. The molecule has 0 aliphatic carbocycles. The van der Waals surface area contributed by atoms with Crippen molar-refractivity contribution < 1.29 is 28.6 Å². The summed E-state index contributed by atoms with van der Waals surface area (Å²) >= 11 is 5.94. The summed E-state index contributed by atoms with van der Waals surface area (Å²) in [6.07, 6.45) is 5.41. The molecule has 3 atom stereocenters. The van der Waals surface area contributed by atoms with Crippen LogP contribution in [0.4, 0.5) is 4.79 Å². The second-order valence-electron chi connectivity index (χ2n) is 8.59. The Morgan fingerprint density at radius 1 is 0.857 bits per heavy atom. The summed E-state index contributed by atoms with van der Waals surface area (Å²) in [5.74, 6) is 1.62. The molecule has 0 aromatic rings. The van der Waals surface area contributed by atoms with Crippen molar-refractivity contribution in [3.8, 4) is 0 Å². The molecule has 4 N–H and O–H groups in total. The molecule has 0 saturated carbocycles. The summed E-state index contributed by atoms with van der Waals surface area (Å²) in [6.45, 7) is 4.43. The molecule has 0 aromatic heterocycles. The first-order valence-electron chi connectivity index (χ1n) is 12.7. The lowest BCUT2D eigenvalue weighted by Crippen LogP contribution is -2.36. The van der Waals surface area contributed by atoms with Crippen LogP contribution in [0.15, 0.2) is 0 Å². The van der Waals surface area contributed by atoms with Crippen molar-refractivity contribution in [2.45, 2.75) is 62.3 Å². The van der Waals surface area contributed by atoms with E-state index in [0.29, 0.717) is 83.0 Å². The summed E-state index contributed by atoms with van der Waals surface area (Å²) in [4.78, 5) is 34.6. The van der Waals surface area contributed by atoms with Gasteiger partial charge in [-0.05, 0) is 31.4 Å². The lowest BCUT2D eigenvalue weighted by atomic mass is 10.0. The predicted molar refractivity (Wildman–Crippen MR) is 140 cm³/mol. The van der Waals surface area contributed by atoms with Gasteiger partial charge in [-0.1, -0.05) is 6.42 Å². The standard InChI is InChI=1S/C23H42N4O6S2/c28-20(24-8-2-1-5-19-22-18(17-35-19)26-23(30)27-22)6-3-10-31-12-14-33-15-13-32-11-4-9-25-21(29)7-16-34/h18-19,22,34H,1-17H2,(H,24,28)(H,25,29)(H2,26,27,30)/t18-,19-,22-/m0/s1. The SMILES string of the molecule is O=C(CCS)NCCCOCCOCCOCCCC(=O)NCCCC[C@@H]1SC[C@@H]2NC(=O)N[C@@H]21. The lowest BCUT2D eigenvalue weighted by molar-refractivity contribution is -0.122. The third kappa shape index (κ3) is 13.6. The highest BCUT2D eigenvalue weighted by Gasteiger charge is 2.42. The third-order valence-corrected chi connectivity index (χ3v) is 7.47. The van der Waals surface area contributed by atoms with Crippen LogP contribution in [0.5, 0.6) is 0 Å². The number of rotatable bonds is 21. The third-order valence-electron chi connectivity index (χ3n) is 5.74. The van der Waals surface area contributed by atoms with Crippen LogP contribution in [0, 0.1) is 0 Å². The molecule has 2 heterocycles. The van der Waals surface area contributed by atoms with Crippen molar-refractivity contribution in [2.75, 3.05) is 64.2 Å². The van der Waals surface area contributed by atoms with Gasteiger partial charge >= 0.3 is 6.03 Å². The van der Waals surface area contributed by atoms with Crippen LogP contribution < -0.4 is 21.3 Å². The molecular weight excluding hydrogens is 492 g/mol. The van der Waals surface area contributed by atoms with Gasteiger partial charge in [-0.2, -0.15) is 24.4 Å². The fraction of sp³-hybridized carbons (Fsp3) is 0.870. The highest BCUT2D eigenvalue weighted by molar-refractivity contribution is 8.00. The van der Waals surface area contributed by atoms with Crippen LogP contribution in [-0.2, 0) is 23.8 Å². The quantitative estimate of drug-likeness (QED) is 0.0848. The number of thioether (sulfide) groups is 1. The van der Waals surface area contributed by atoms with Crippen LogP contribution in [0.2, 0.25) is 0 Å². The van der Waals surface area contributed by atoms with Crippen molar-refractivity contribution >= 4 is 42.2 Å². The highest BCUT2D eigenvalue weighted by atomic mass is 32.2. The molecule has 2 aliphatic rings. The molecule has 2 aliphatic heterocycles. The van der Waals surface area contributed by atoms with Gasteiger partial charge in [-0.15, -0.1) is 0 Å². The fourth-order valence-corrected chi connectivity index (χ4v) is 5.65. The number of ether oxygens (including phenoxy) is 3. The molecule has 0 aromatic carbocycles. The molecule has 0 unspecified atom stereocenters. The summed E-state index contributed by atoms with van der Waals surface area (Å²) in [5.41, 5.74) is 0. The molecular formula is C23H42N4O6S2. The first-order chi connectivity index (χ1) is 17.1. The minimum Gasteiger partial charge on any atom is -0.379 e. The molecule has 12 heteroatoms. The van der Waals surface area contributed by atoms with Gasteiger partial charge in [0.1, 0.15) is 0 Å². The predicted octanol–water partition coefficient (Wildman–Crippen LogP) is 1.09. The number of unbranched alkanes of at least 4 members (excludes halogenated alkanes) is 1. The summed E-state index contributed by atoms with van der Waals surface area (Å²) in [7, 11) is 0. The number of carbonyl (C=O) groups excluding carboxylic acids is 3. The van der Waals surface area contributed by atoms with E-state index in [0.717, 1.165) is 31.4 Å². The van der Waals surface area contributed by atoms with Crippen molar-refractivity contribution in [3.63, 3.8) is 0 Å². The van der Waals surface area contributed by atoms with Crippen LogP contribution in [0.3, 0.4) is 0 Å². The molecule has 202 valence electrons. The first-order valence-corrected chi connectivity index (χ1v) is 14.3. The van der Waals surface area contributed by atoms with Crippen LogP contribution in [-0.4, -0.2) is 99.4 Å². The van der Waals surface area contributed by atoms with Gasteiger partial charge in [0.2, 0.25) is 11.8 Å². The molecule has 2 rings (SSSR count). The van der Waals surface area contributed by atoms with E-state index >= 15 is 0 Å². The smallest absolute Gasteiger partial charge is 0.315 e. The maximum atomic E-state index is 11.9. The van der Waals surface area contributed by atoms with E-state index in [-0.39, 0.29) is 29.9 Å². The van der Waals surface area contributed by atoms with Gasteiger partial charge in [0.25, 0.3) is 0 Å².